The normalized spacial score (nSPS) is 15.8. The van der Waals surface area contributed by atoms with Gasteiger partial charge in [-0.1, -0.05) is 12.1 Å². The quantitative estimate of drug-likeness (QED) is 0.534. The summed E-state index contributed by atoms with van der Waals surface area (Å²) >= 11 is 1.53. The zero-order valence-electron chi connectivity index (χ0n) is 18.7. The van der Waals surface area contributed by atoms with Gasteiger partial charge in [-0.15, -0.1) is 11.3 Å². The summed E-state index contributed by atoms with van der Waals surface area (Å²) in [6.45, 7) is 5.25. The van der Waals surface area contributed by atoms with Gasteiger partial charge in [-0.3, -0.25) is 19.2 Å². The molecular formula is C24H28N6O2S. The minimum Gasteiger partial charge on any atom is -0.344 e. The Labute approximate surface area is 197 Å². The van der Waals surface area contributed by atoms with Crippen molar-refractivity contribution in [2.75, 3.05) is 11.9 Å². The molecule has 1 aliphatic carbocycles. The molecule has 0 saturated heterocycles. The van der Waals surface area contributed by atoms with Crippen molar-refractivity contribution >= 4 is 28.8 Å². The van der Waals surface area contributed by atoms with Gasteiger partial charge in [0.15, 0.2) is 5.69 Å². The smallest absolute Gasteiger partial charge is 0.272 e. The van der Waals surface area contributed by atoms with Gasteiger partial charge in [-0.25, -0.2) is 4.98 Å². The number of carbonyl (C=O) groups is 2. The van der Waals surface area contributed by atoms with Crippen LogP contribution in [0.25, 0.3) is 0 Å². The van der Waals surface area contributed by atoms with Crippen LogP contribution < -0.4 is 10.6 Å². The first kappa shape index (κ1) is 21.8. The molecule has 2 N–H and O–H groups in total. The van der Waals surface area contributed by atoms with Gasteiger partial charge in [-0.05, 0) is 36.5 Å². The number of nitrogens with zero attached hydrogens (tertiary/aromatic N) is 4. The van der Waals surface area contributed by atoms with E-state index in [0.717, 1.165) is 42.3 Å². The van der Waals surface area contributed by atoms with E-state index in [-0.39, 0.29) is 11.8 Å². The van der Waals surface area contributed by atoms with Crippen LogP contribution in [0.1, 0.15) is 52.1 Å². The van der Waals surface area contributed by atoms with Crippen molar-refractivity contribution < 1.29 is 9.59 Å². The second kappa shape index (κ2) is 9.44. The van der Waals surface area contributed by atoms with Gasteiger partial charge in [0.05, 0.1) is 6.54 Å². The van der Waals surface area contributed by atoms with Crippen LogP contribution in [-0.4, -0.2) is 38.0 Å². The van der Waals surface area contributed by atoms with Crippen molar-refractivity contribution in [2.24, 2.45) is 5.92 Å². The summed E-state index contributed by atoms with van der Waals surface area (Å²) in [6.07, 6.45) is 5.14. The second-order valence-electron chi connectivity index (χ2n) is 8.85. The Hall–Kier alpha value is -3.04. The number of thiazole rings is 1. The molecule has 8 nitrogen and oxygen atoms in total. The zero-order valence-corrected chi connectivity index (χ0v) is 19.5. The van der Waals surface area contributed by atoms with Gasteiger partial charge in [-0.2, -0.15) is 5.10 Å². The first-order chi connectivity index (χ1) is 16.0. The highest BCUT2D eigenvalue weighted by molar-refractivity contribution is 7.09. The first-order valence-corrected chi connectivity index (χ1v) is 12.3. The Kier molecular flexibility index (Phi) is 6.24. The summed E-state index contributed by atoms with van der Waals surface area (Å²) < 4.78 is 2.09. The number of anilines is 1. The van der Waals surface area contributed by atoms with Crippen LogP contribution in [0.15, 0.2) is 35.8 Å². The fraction of sp³-hybridized carbons (Fsp3) is 0.417. The molecule has 2 aromatic heterocycles. The number of fused-ring (bicyclic) bond motifs is 1. The van der Waals surface area contributed by atoms with Crippen LogP contribution >= 0.6 is 11.3 Å². The Morgan fingerprint density at radius 2 is 2.03 bits per heavy atom. The van der Waals surface area contributed by atoms with Gasteiger partial charge in [0.2, 0.25) is 5.91 Å². The van der Waals surface area contributed by atoms with E-state index in [4.69, 9.17) is 5.10 Å². The van der Waals surface area contributed by atoms with Gasteiger partial charge < -0.3 is 10.6 Å². The Morgan fingerprint density at radius 3 is 2.73 bits per heavy atom. The van der Waals surface area contributed by atoms with Crippen LogP contribution in [0.4, 0.5) is 5.69 Å². The minimum atomic E-state index is -0.127. The monoisotopic (exact) mass is 464 g/mol. The molecule has 0 radical (unpaired) electrons. The lowest BCUT2D eigenvalue weighted by Gasteiger charge is -2.28. The van der Waals surface area contributed by atoms with Crippen molar-refractivity contribution in [1.82, 2.24) is 25.0 Å². The minimum absolute atomic E-state index is 0.0739. The largest absolute Gasteiger partial charge is 0.344 e. The fourth-order valence-corrected chi connectivity index (χ4v) is 4.85. The molecule has 2 amide bonds. The topological polar surface area (TPSA) is 92.2 Å². The molecule has 5 rings (SSSR count). The Morgan fingerprint density at radius 1 is 1.21 bits per heavy atom. The van der Waals surface area contributed by atoms with Crippen LogP contribution in [0.2, 0.25) is 0 Å². The van der Waals surface area contributed by atoms with Crippen molar-refractivity contribution in [1.29, 1.82) is 0 Å². The van der Waals surface area contributed by atoms with Crippen LogP contribution in [0, 0.1) is 5.92 Å². The van der Waals surface area contributed by atoms with E-state index < -0.39 is 0 Å². The van der Waals surface area contributed by atoms with Crippen LogP contribution in [0.3, 0.4) is 0 Å². The lowest BCUT2D eigenvalue weighted by Crippen LogP contribution is -2.32. The lowest BCUT2D eigenvalue weighted by atomic mass is 10.0. The number of aromatic nitrogens is 3. The number of benzene rings is 1. The highest BCUT2D eigenvalue weighted by Gasteiger charge is 2.31. The summed E-state index contributed by atoms with van der Waals surface area (Å²) in [5.41, 5.74) is 4.78. The summed E-state index contributed by atoms with van der Waals surface area (Å²) in [5.74, 6) is 0.494. The SMILES string of the molecule is CC(=O)Nc1ccc(CN2CCc3c(c(C(=O)NCc4nccs4)nn3CC3CC3)C2)cc1. The average molecular weight is 465 g/mol. The molecule has 1 aromatic carbocycles. The first-order valence-electron chi connectivity index (χ1n) is 11.4. The number of hydrogen-bond donors (Lipinski definition) is 2. The van der Waals surface area contributed by atoms with E-state index in [9.17, 15) is 9.59 Å². The summed E-state index contributed by atoms with van der Waals surface area (Å²) in [4.78, 5) is 30.9. The van der Waals surface area contributed by atoms with E-state index in [1.54, 1.807) is 6.20 Å². The molecule has 33 heavy (non-hydrogen) atoms. The van der Waals surface area contributed by atoms with Crippen molar-refractivity contribution in [3.63, 3.8) is 0 Å². The third-order valence-electron chi connectivity index (χ3n) is 6.12. The molecule has 9 heteroatoms. The summed E-state index contributed by atoms with van der Waals surface area (Å²) in [6, 6.07) is 7.94. The van der Waals surface area contributed by atoms with Crippen LogP contribution in [0.5, 0.6) is 0 Å². The fourth-order valence-electron chi connectivity index (χ4n) is 4.29. The highest BCUT2D eigenvalue weighted by atomic mass is 32.1. The predicted octanol–water partition coefficient (Wildman–Crippen LogP) is 3.20. The molecule has 3 aromatic rings. The Bertz CT molecular complexity index is 1130. The van der Waals surface area contributed by atoms with E-state index in [1.807, 2.05) is 29.6 Å². The maximum Gasteiger partial charge on any atom is 0.272 e. The van der Waals surface area contributed by atoms with Crippen LogP contribution in [-0.2, 0) is 37.4 Å². The number of nitrogens with one attached hydrogen (secondary N) is 2. The van der Waals surface area contributed by atoms with E-state index >= 15 is 0 Å². The summed E-state index contributed by atoms with van der Waals surface area (Å²) in [7, 11) is 0. The van der Waals surface area contributed by atoms with Crippen molar-refractivity contribution in [2.45, 2.75) is 52.4 Å². The van der Waals surface area contributed by atoms with E-state index in [1.165, 1.54) is 42.4 Å². The zero-order chi connectivity index (χ0) is 22.8. The standard InChI is InChI=1S/C24H28N6O2S/c1-16(31)27-19-6-4-17(5-7-19)13-29-10-8-21-20(15-29)23(28-30(21)14-18-2-3-18)24(32)26-12-22-25-9-11-33-22/h4-7,9,11,18H,2-3,8,10,12-15H2,1H3,(H,26,32)(H,27,31). The molecule has 2 aliphatic rings. The molecule has 1 fully saturated rings. The Balaban J connectivity index is 1.31. The molecule has 0 bridgehead atoms. The average Bonchev–Trinajstić information content (AvgIpc) is 3.32. The second-order valence-corrected chi connectivity index (χ2v) is 9.83. The molecule has 1 saturated carbocycles. The third kappa shape index (κ3) is 5.31. The third-order valence-corrected chi connectivity index (χ3v) is 6.90. The lowest BCUT2D eigenvalue weighted by molar-refractivity contribution is -0.114. The van der Waals surface area contributed by atoms with E-state index in [2.05, 4.69) is 25.2 Å². The molecule has 0 atom stereocenters. The van der Waals surface area contributed by atoms with Crippen molar-refractivity contribution in [3.05, 3.63) is 63.4 Å². The molecule has 1 aliphatic heterocycles. The van der Waals surface area contributed by atoms with E-state index in [0.29, 0.717) is 24.7 Å². The number of amides is 2. The number of hydrogen-bond acceptors (Lipinski definition) is 6. The molecule has 3 heterocycles. The number of carbonyl (C=O) groups excluding carboxylic acids is 2. The van der Waals surface area contributed by atoms with Gasteiger partial charge in [0.1, 0.15) is 5.01 Å². The number of rotatable bonds is 8. The maximum absolute atomic E-state index is 13.1. The van der Waals surface area contributed by atoms with Crippen molar-refractivity contribution in [3.8, 4) is 0 Å². The molecular weight excluding hydrogens is 436 g/mol. The molecule has 0 spiro atoms. The highest BCUT2D eigenvalue weighted by Crippen LogP contribution is 2.33. The molecule has 172 valence electrons. The van der Waals surface area contributed by atoms with Gasteiger partial charge >= 0.3 is 0 Å². The van der Waals surface area contributed by atoms with Gasteiger partial charge in [0.25, 0.3) is 5.91 Å². The molecule has 0 unspecified atom stereocenters. The predicted molar refractivity (Wildman–Crippen MR) is 127 cm³/mol. The summed E-state index contributed by atoms with van der Waals surface area (Å²) in [5, 5.41) is 13.4. The maximum atomic E-state index is 13.1. The van der Waals surface area contributed by atoms with Gasteiger partial charge in [0, 0.05) is 68.0 Å².